The Morgan fingerprint density at radius 1 is 0.972 bits per heavy atom. The van der Waals surface area contributed by atoms with Gasteiger partial charge in [-0.25, -0.2) is 9.48 Å². The number of alkyl halides is 3. The molecule has 0 spiro atoms. The Morgan fingerprint density at radius 3 is 2.22 bits per heavy atom. The van der Waals surface area contributed by atoms with Crippen LogP contribution in [-0.4, -0.2) is 33.2 Å². The second-order valence-electron chi connectivity index (χ2n) is 7.68. The van der Waals surface area contributed by atoms with E-state index < -0.39 is 35.4 Å². The average Bonchev–Trinajstić information content (AvgIpc) is 3.35. The maximum atomic E-state index is 13.8. The van der Waals surface area contributed by atoms with Crippen LogP contribution < -0.4 is 5.32 Å². The van der Waals surface area contributed by atoms with Gasteiger partial charge in [0, 0.05) is 18.0 Å². The van der Waals surface area contributed by atoms with Gasteiger partial charge in [-0.3, -0.25) is 9.78 Å². The first kappa shape index (κ1) is 24.6. The second-order valence-corrected chi connectivity index (χ2v) is 7.68. The highest BCUT2D eigenvalue weighted by atomic mass is 19.4. The monoisotopic (exact) mass is 494 g/mol. The largest absolute Gasteiger partial charge is 0.462 e. The summed E-state index contributed by atoms with van der Waals surface area (Å²) in [6.45, 7) is 1.42. The van der Waals surface area contributed by atoms with Crippen LogP contribution in [0.5, 0.6) is 0 Å². The van der Waals surface area contributed by atoms with Gasteiger partial charge in [-0.2, -0.15) is 18.3 Å². The van der Waals surface area contributed by atoms with E-state index in [1.807, 2.05) is 30.3 Å². The van der Waals surface area contributed by atoms with Crippen molar-refractivity contribution in [1.82, 2.24) is 20.1 Å². The first-order valence-electron chi connectivity index (χ1n) is 11.0. The normalized spacial score (nSPS) is 12.1. The molecule has 2 aromatic heterocycles. The minimum Gasteiger partial charge on any atom is -0.462 e. The first-order chi connectivity index (χ1) is 17.3. The van der Waals surface area contributed by atoms with Crippen molar-refractivity contribution in [2.24, 2.45) is 0 Å². The Kier molecular flexibility index (Phi) is 7.14. The fraction of sp³-hybridized carbons (Fsp3) is 0.154. The molecule has 2 aromatic carbocycles. The number of amides is 1. The Bertz CT molecular complexity index is 1300. The van der Waals surface area contributed by atoms with Crippen LogP contribution in [0.1, 0.15) is 50.5 Å². The van der Waals surface area contributed by atoms with Crippen LogP contribution in [0, 0.1) is 0 Å². The lowest BCUT2D eigenvalue weighted by Gasteiger charge is -2.20. The maximum absolute atomic E-state index is 13.8. The van der Waals surface area contributed by atoms with Gasteiger partial charge >= 0.3 is 12.1 Å². The number of halogens is 3. The van der Waals surface area contributed by atoms with Gasteiger partial charge in [0.25, 0.3) is 5.91 Å². The average molecular weight is 494 g/mol. The number of ether oxygens (including phenoxy) is 1. The second kappa shape index (κ2) is 10.4. The number of carbonyl (C=O) groups excluding carboxylic acids is 2. The number of esters is 1. The Morgan fingerprint density at radius 2 is 1.61 bits per heavy atom. The molecule has 0 aliphatic heterocycles. The molecule has 0 aliphatic rings. The molecule has 7 nitrogen and oxygen atoms in total. The van der Waals surface area contributed by atoms with E-state index in [1.165, 1.54) is 31.2 Å². The lowest BCUT2D eigenvalue weighted by atomic mass is 9.99. The van der Waals surface area contributed by atoms with Crippen molar-refractivity contribution < 1.29 is 27.5 Å². The van der Waals surface area contributed by atoms with Gasteiger partial charge in [0.05, 0.1) is 24.5 Å². The zero-order valence-corrected chi connectivity index (χ0v) is 19.1. The molecule has 36 heavy (non-hydrogen) atoms. The highest BCUT2D eigenvalue weighted by Crippen LogP contribution is 2.34. The van der Waals surface area contributed by atoms with Gasteiger partial charge in [0.2, 0.25) is 0 Å². The molecule has 1 unspecified atom stereocenters. The van der Waals surface area contributed by atoms with Crippen LogP contribution in [0.3, 0.4) is 0 Å². The van der Waals surface area contributed by atoms with E-state index in [0.717, 1.165) is 17.3 Å². The van der Waals surface area contributed by atoms with Crippen LogP contribution in [0.25, 0.3) is 5.69 Å². The quantitative estimate of drug-likeness (QED) is 0.366. The van der Waals surface area contributed by atoms with E-state index in [0.29, 0.717) is 4.68 Å². The fourth-order valence-corrected chi connectivity index (χ4v) is 3.70. The van der Waals surface area contributed by atoms with Gasteiger partial charge in [0.15, 0.2) is 5.69 Å². The van der Waals surface area contributed by atoms with E-state index in [9.17, 15) is 22.8 Å². The number of rotatable bonds is 7. The standard InChI is InChI=1S/C26H21F3N4O3/c1-2-36-25(35)21-16-31-33(23(21)26(27,28)29)20-10-8-19(9-11-20)24(34)32-22(17-6-4-3-5-7-17)18-12-14-30-15-13-18/h3-16,22H,2H2,1H3,(H,32,34). The topological polar surface area (TPSA) is 86.1 Å². The third-order valence-corrected chi connectivity index (χ3v) is 5.35. The number of hydrogen-bond acceptors (Lipinski definition) is 5. The summed E-state index contributed by atoms with van der Waals surface area (Å²) in [5.74, 6) is -1.54. The number of pyridine rings is 1. The molecule has 0 radical (unpaired) electrons. The van der Waals surface area contributed by atoms with Crippen molar-refractivity contribution in [3.63, 3.8) is 0 Å². The predicted molar refractivity (Wildman–Crippen MR) is 125 cm³/mol. The van der Waals surface area contributed by atoms with Gasteiger partial charge in [-0.1, -0.05) is 30.3 Å². The van der Waals surface area contributed by atoms with E-state index >= 15 is 0 Å². The van der Waals surface area contributed by atoms with Gasteiger partial charge in [0.1, 0.15) is 5.56 Å². The molecule has 1 atom stereocenters. The molecule has 0 bridgehead atoms. The first-order valence-corrected chi connectivity index (χ1v) is 11.0. The zero-order valence-electron chi connectivity index (χ0n) is 19.1. The smallest absolute Gasteiger partial charge is 0.434 e. The molecule has 4 rings (SSSR count). The molecule has 10 heteroatoms. The van der Waals surface area contributed by atoms with Crippen LogP contribution in [0.15, 0.2) is 85.3 Å². The number of carbonyl (C=O) groups is 2. The molecule has 2 heterocycles. The van der Waals surface area contributed by atoms with Gasteiger partial charge in [-0.15, -0.1) is 0 Å². The predicted octanol–water partition coefficient (Wildman–Crippen LogP) is 4.98. The lowest BCUT2D eigenvalue weighted by Crippen LogP contribution is -2.29. The third-order valence-electron chi connectivity index (χ3n) is 5.35. The summed E-state index contributed by atoms with van der Waals surface area (Å²) in [5, 5.41) is 6.71. The molecular weight excluding hydrogens is 473 g/mol. The van der Waals surface area contributed by atoms with Crippen LogP contribution in [0.2, 0.25) is 0 Å². The fourth-order valence-electron chi connectivity index (χ4n) is 3.70. The van der Waals surface area contributed by atoms with Crippen LogP contribution in [-0.2, 0) is 10.9 Å². The van der Waals surface area contributed by atoms with Crippen molar-refractivity contribution in [3.8, 4) is 5.69 Å². The molecule has 0 saturated heterocycles. The maximum Gasteiger partial charge on any atom is 0.434 e. The number of nitrogens with zero attached hydrogens (tertiary/aromatic N) is 3. The summed E-state index contributed by atoms with van der Waals surface area (Å²) in [6, 6.07) is 17.9. The summed E-state index contributed by atoms with van der Waals surface area (Å²) >= 11 is 0. The highest BCUT2D eigenvalue weighted by Gasteiger charge is 2.41. The molecule has 184 valence electrons. The summed E-state index contributed by atoms with van der Waals surface area (Å²) in [4.78, 5) is 29.1. The number of hydrogen-bond donors (Lipinski definition) is 1. The molecule has 0 saturated carbocycles. The van der Waals surface area contributed by atoms with Gasteiger partial charge in [-0.05, 0) is 54.4 Å². The summed E-state index contributed by atoms with van der Waals surface area (Å²) in [6.07, 6.45) is -0.791. The molecule has 4 aromatic rings. The number of benzene rings is 2. The molecule has 1 N–H and O–H groups in total. The van der Waals surface area contributed by atoms with E-state index in [-0.39, 0.29) is 17.9 Å². The van der Waals surface area contributed by atoms with Crippen molar-refractivity contribution in [2.45, 2.75) is 19.1 Å². The zero-order chi connectivity index (χ0) is 25.7. The SMILES string of the molecule is CCOC(=O)c1cnn(-c2ccc(C(=O)NC(c3ccccc3)c3ccncc3)cc2)c1C(F)(F)F. The number of nitrogens with one attached hydrogen (secondary N) is 1. The van der Waals surface area contributed by atoms with Crippen molar-refractivity contribution in [3.05, 3.63) is 113 Å². The Hall–Kier alpha value is -4.47. The Balaban J connectivity index is 1.62. The van der Waals surface area contributed by atoms with Crippen molar-refractivity contribution in [2.75, 3.05) is 6.61 Å². The summed E-state index contributed by atoms with van der Waals surface area (Å²) in [5.41, 5.74) is 0.00277. The molecular formula is C26H21F3N4O3. The minimum absolute atomic E-state index is 0.0307. The third kappa shape index (κ3) is 5.27. The molecule has 1 amide bonds. The van der Waals surface area contributed by atoms with E-state index in [1.54, 1.807) is 24.5 Å². The summed E-state index contributed by atoms with van der Waals surface area (Å²) in [7, 11) is 0. The highest BCUT2D eigenvalue weighted by molar-refractivity contribution is 5.95. The minimum atomic E-state index is -4.86. The summed E-state index contributed by atoms with van der Waals surface area (Å²) < 4.78 is 46.6. The van der Waals surface area contributed by atoms with Crippen molar-refractivity contribution >= 4 is 11.9 Å². The van der Waals surface area contributed by atoms with E-state index in [2.05, 4.69) is 15.4 Å². The molecule has 0 aliphatic carbocycles. The van der Waals surface area contributed by atoms with Gasteiger partial charge < -0.3 is 10.1 Å². The van der Waals surface area contributed by atoms with E-state index in [4.69, 9.17) is 4.74 Å². The van der Waals surface area contributed by atoms with Crippen molar-refractivity contribution in [1.29, 1.82) is 0 Å². The van der Waals surface area contributed by atoms with Crippen LogP contribution in [0.4, 0.5) is 13.2 Å². The van der Waals surface area contributed by atoms with Crippen LogP contribution >= 0.6 is 0 Å². The lowest BCUT2D eigenvalue weighted by molar-refractivity contribution is -0.143. The molecule has 0 fully saturated rings. The Labute approximate surface area is 204 Å². The number of aromatic nitrogens is 3.